The van der Waals surface area contributed by atoms with Gasteiger partial charge in [-0.25, -0.2) is 0 Å². The molecule has 11 rings (SSSR count). The molecule has 0 radical (unpaired) electrons. The van der Waals surface area contributed by atoms with Crippen LogP contribution in [0.5, 0.6) is 0 Å². The van der Waals surface area contributed by atoms with Crippen molar-refractivity contribution < 1.29 is 4.42 Å². The zero-order valence-electron chi connectivity index (χ0n) is 38.5. The molecule has 0 aliphatic carbocycles. The summed E-state index contributed by atoms with van der Waals surface area (Å²) in [6, 6.07) is 63.6. The molecule has 0 saturated carbocycles. The molecule has 0 atom stereocenters. The van der Waals surface area contributed by atoms with Crippen LogP contribution >= 0.6 is 0 Å². The number of nitrogens with zero attached hydrogens (tertiary/aromatic N) is 2. The van der Waals surface area contributed by atoms with Gasteiger partial charge in [-0.15, -0.1) is 0 Å². The first kappa shape index (κ1) is 40.0. The Hall–Kier alpha value is -6.78. The molecular weight excluding hydrogens is 775 g/mol. The highest BCUT2D eigenvalue weighted by atomic mass is 16.3. The van der Waals surface area contributed by atoms with E-state index in [9.17, 15) is 0 Å². The predicted molar refractivity (Wildman–Crippen MR) is 274 cm³/mol. The Kier molecular flexibility index (Phi) is 8.99. The number of hydrogen-bond acceptors (Lipinski definition) is 3. The first-order valence-corrected chi connectivity index (χ1v) is 22.9. The van der Waals surface area contributed by atoms with Crippen molar-refractivity contribution >= 4 is 68.1 Å². The van der Waals surface area contributed by atoms with Gasteiger partial charge in [-0.05, 0) is 115 Å². The molecule has 9 aromatic rings. The lowest BCUT2D eigenvalue weighted by atomic mass is 9.43. The fraction of sp³-hybridized carbons (Fsp3) is 0.200. The van der Waals surface area contributed by atoms with Crippen LogP contribution in [0.1, 0.15) is 79.0 Å². The molecule has 3 heterocycles. The summed E-state index contributed by atoms with van der Waals surface area (Å²) in [5, 5.41) is 2.24. The van der Waals surface area contributed by atoms with Crippen LogP contribution in [0.2, 0.25) is 0 Å². The molecule has 0 saturated heterocycles. The van der Waals surface area contributed by atoms with Crippen LogP contribution in [0.3, 0.4) is 0 Å². The smallest absolute Gasteiger partial charge is 0.333 e. The normalized spacial score (nSPS) is 13.6. The summed E-state index contributed by atoms with van der Waals surface area (Å²) in [7, 11) is 0. The standard InChI is InChI=1S/C60H55BN2O/c1-58(2,3)41-25-28-44(29-26-41)63-52-32-24-40(38-18-12-10-13-19-38)34-48(52)49-36-43(60(7,8)9)37-53-55(49)61(63)50-31-30-46-45-22-16-17-23-54(45)64-57(46)56(50)62(53)51-33-27-42(59(4,5)6)35-47(51)39-20-14-11-15-21-39/h10-37H,1-9H3. The number of anilines is 5. The van der Waals surface area contributed by atoms with Gasteiger partial charge >= 0.3 is 6.85 Å². The summed E-state index contributed by atoms with van der Waals surface area (Å²) in [4.78, 5) is 5.19. The highest BCUT2D eigenvalue weighted by Crippen LogP contribution is 2.52. The second-order valence-corrected chi connectivity index (χ2v) is 21.0. The lowest BCUT2D eigenvalue weighted by Crippen LogP contribution is -2.61. The third-order valence-electron chi connectivity index (χ3n) is 13.7. The summed E-state index contributed by atoms with van der Waals surface area (Å²) in [5.74, 6) is 0. The molecule has 3 nitrogen and oxygen atoms in total. The third-order valence-corrected chi connectivity index (χ3v) is 13.7. The number of rotatable bonds is 4. The van der Waals surface area contributed by atoms with E-state index in [2.05, 4.69) is 242 Å². The van der Waals surface area contributed by atoms with E-state index < -0.39 is 0 Å². The molecule has 8 aromatic carbocycles. The van der Waals surface area contributed by atoms with E-state index in [1.54, 1.807) is 0 Å². The summed E-state index contributed by atoms with van der Waals surface area (Å²) in [5.41, 5.74) is 21.1. The monoisotopic (exact) mass is 830 g/mol. The van der Waals surface area contributed by atoms with Crippen LogP contribution < -0.4 is 20.6 Å². The van der Waals surface area contributed by atoms with Gasteiger partial charge < -0.3 is 14.1 Å². The van der Waals surface area contributed by atoms with Crippen molar-refractivity contribution in [2.45, 2.75) is 78.6 Å². The summed E-state index contributed by atoms with van der Waals surface area (Å²) >= 11 is 0. The van der Waals surface area contributed by atoms with Crippen molar-refractivity contribution in [1.82, 2.24) is 0 Å². The molecule has 64 heavy (non-hydrogen) atoms. The topological polar surface area (TPSA) is 19.6 Å². The maximum atomic E-state index is 7.15. The van der Waals surface area contributed by atoms with Gasteiger partial charge in [0.05, 0.1) is 11.4 Å². The average molecular weight is 831 g/mol. The molecule has 4 heteroatoms. The minimum absolute atomic E-state index is 0.0237. The van der Waals surface area contributed by atoms with Gasteiger partial charge in [0.25, 0.3) is 0 Å². The Bertz CT molecular complexity index is 3270. The van der Waals surface area contributed by atoms with Gasteiger partial charge in [-0.3, -0.25) is 0 Å². The van der Waals surface area contributed by atoms with Gasteiger partial charge in [0.15, 0.2) is 5.58 Å². The molecule has 0 fully saturated rings. The molecule has 2 aliphatic heterocycles. The fourth-order valence-corrected chi connectivity index (χ4v) is 10.2. The first-order chi connectivity index (χ1) is 30.6. The molecule has 314 valence electrons. The molecule has 1 aromatic heterocycles. The average Bonchev–Trinajstić information content (AvgIpc) is 3.67. The lowest BCUT2D eigenvalue weighted by Gasteiger charge is -2.46. The summed E-state index contributed by atoms with van der Waals surface area (Å²) in [6.07, 6.45) is 0. The van der Waals surface area contributed by atoms with Crippen molar-refractivity contribution in [1.29, 1.82) is 0 Å². The number of hydrogen-bond donors (Lipinski definition) is 0. The van der Waals surface area contributed by atoms with E-state index in [0.29, 0.717) is 0 Å². The Labute approximate surface area is 379 Å². The number of para-hydroxylation sites is 1. The number of furan rings is 1. The highest BCUT2D eigenvalue weighted by Gasteiger charge is 2.47. The van der Waals surface area contributed by atoms with Gasteiger partial charge in [0.2, 0.25) is 0 Å². The molecule has 0 N–H and O–H groups in total. The van der Waals surface area contributed by atoms with E-state index in [1.807, 2.05) is 0 Å². The van der Waals surface area contributed by atoms with E-state index in [0.717, 1.165) is 39.0 Å². The van der Waals surface area contributed by atoms with Crippen molar-refractivity contribution in [3.8, 4) is 33.4 Å². The molecular formula is C60H55BN2O. The Balaban J connectivity index is 1.30. The van der Waals surface area contributed by atoms with Crippen LogP contribution in [-0.2, 0) is 16.2 Å². The maximum absolute atomic E-state index is 7.15. The minimum Gasteiger partial charge on any atom is -0.454 e. The third kappa shape index (κ3) is 6.40. The van der Waals surface area contributed by atoms with E-state index in [4.69, 9.17) is 4.42 Å². The first-order valence-electron chi connectivity index (χ1n) is 22.9. The Morgan fingerprint density at radius 1 is 0.422 bits per heavy atom. The zero-order valence-corrected chi connectivity index (χ0v) is 38.5. The Morgan fingerprint density at radius 2 is 1.03 bits per heavy atom. The number of fused-ring (bicyclic) bond motifs is 8. The van der Waals surface area contributed by atoms with E-state index in [-0.39, 0.29) is 23.1 Å². The van der Waals surface area contributed by atoms with E-state index >= 15 is 0 Å². The predicted octanol–water partition coefficient (Wildman–Crippen LogP) is 15.5. The maximum Gasteiger partial charge on any atom is 0.333 e. The van der Waals surface area contributed by atoms with Crippen LogP contribution in [0.15, 0.2) is 174 Å². The van der Waals surface area contributed by atoms with Gasteiger partial charge in [0, 0.05) is 39.0 Å². The molecule has 0 unspecified atom stereocenters. The van der Waals surface area contributed by atoms with Gasteiger partial charge in [0.1, 0.15) is 5.58 Å². The lowest BCUT2D eigenvalue weighted by molar-refractivity contribution is 0.590. The van der Waals surface area contributed by atoms with Crippen LogP contribution in [-0.4, -0.2) is 6.85 Å². The van der Waals surface area contributed by atoms with Gasteiger partial charge in [-0.1, -0.05) is 184 Å². The van der Waals surface area contributed by atoms with Crippen molar-refractivity contribution in [2.75, 3.05) is 9.71 Å². The van der Waals surface area contributed by atoms with Crippen LogP contribution in [0.25, 0.3) is 55.3 Å². The fourth-order valence-electron chi connectivity index (χ4n) is 10.2. The zero-order chi connectivity index (χ0) is 44.3. The molecule has 0 bridgehead atoms. The van der Waals surface area contributed by atoms with Crippen LogP contribution in [0.4, 0.5) is 28.4 Å². The highest BCUT2D eigenvalue weighted by molar-refractivity contribution is 6.94. The van der Waals surface area contributed by atoms with Gasteiger partial charge in [-0.2, -0.15) is 0 Å². The quantitative estimate of drug-likeness (QED) is 0.165. The SMILES string of the molecule is CC(C)(C)c1ccc(N2B3c4ccc5c(oc6ccccc65)c4N(c4ccc(C(C)(C)C)cc4-c4ccccc4)c4cc(C(C)(C)C)cc(c43)-c3cc(-c4ccccc4)ccc32)cc1. The molecule has 0 spiro atoms. The Morgan fingerprint density at radius 3 is 1.72 bits per heavy atom. The summed E-state index contributed by atoms with van der Waals surface area (Å²) in [6.45, 7) is 20.7. The largest absolute Gasteiger partial charge is 0.454 e. The van der Waals surface area contributed by atoms with Crippen LogP contribution in [0, 0.1) is 0 Å². The molecule has 2 aliphatic rings. The van der Waals surface area contributed by atoms with E-state index in [1.165, 1.54) is 72.4 Å². The summed E-state index contributed by atoms with van der Waals surface area (Å²) < 4.78 is 7.15. The number of benzene rings is 8. The molecule has 0 amide bonds. The van der Waals surface area contributed by atoms with Crippen molar-refractivity contribution in [3.63, 3.8) is 0 Å². The second kappa shape index (κ2) is 14.4. The second-order valence-electron chi connectivity index (χ2n) is 21.0. The van der Waals surface area contributed by atoms with Crippen molar-refractivity contribution in [3.05, 3.63) is 187 Å². The minimum atomic E-state index is -0.160. The van der Waals surface area contributed by atoms with Crippen molar-refractivity contribution in [2.24, 2.45) is 0 Å².